The third kappa shape index (κ3) is 4.40. The van der Waals surface area contributed by atoms with Gasteiger partial charge in [-0.25, -0.2) is 4.39 Å². The molecule has 0 fully saturated rings. The molecular weight excluding hydrogens is 279 g/mol. The van der Waals surface area contributed by atoms with Crippen LogP contribution in [0.1, 0.15) is 17.2 Å². The van der Waals surface area contributed by atoms with Gasteiger partial charge in [0.2, 0.25) is 5.91 Å². The van der Waals surface area contributed by atoms with Crippen LogP contribution in [-0.2, 0) is 11.2 Å². The molecule has 0 bridgehead atoms. The number of nitrogens with one attached hydrogen (secondary N) is 1. The van der Waals surface area contributed by atoms with Crippen LogP contribution >= 0.6 is 0 Å². The van der Waals surface area contributed by atoms with E-state index < -0.39 is 0 Å². The van der Waals surface area contributed by atoms with Crippen molar-refractivity contribution in [2.75, 3.05) is 20.6 Å². The van der Waals surface area contributed by atoms with Crippen LogP contribution in [0.15, 0.2) is 54.6 Å². The largest absolute Gasteiger partial charge is 0.354 e. The van der Waals surface area contributed by atoms with Gasteiger partial charge >= 0.3 is 0 Å². The van der Waals surface area contributed by atoms with E-state index in [4.69, 9.17) is 0 Å². The van der Waals surface area contributed by atoms with Crippen molar-refractivity contribution in [3.63, 3.8) is 0 Å². The Labute approximate surface area is 130 Å². The highest BCUT2D eigenvalue weighted by Crippen LogP contribution is 2.16. The van der Waals surface area contributed by atoms with Crippen LogP contribution in [0, 0.1) is 5.82 Å². The fourth-order valence-electron chi connectivity index (χ4n) is 2.36. The zero-order valence-electron chi connectivity index (χ0n) is 12.9. The summed E-state index contributed by atoms with van der Waals surface area (Å²) in [4.78, 5) is 14.1. The molecule has 3 nitrogen and oxygen atoms in total. The standard InChI is InChI=1S/C18H21FN2O/c1-21(2)17(14-8-4-3-5-9-14)13-20-18(22)12-15-10-6-7-11-16(15)19/h3-11,17H,12-13H2,1-2H3,(H,20,22). The molecule has 1 unspecified atom stereocenters. The Morgan fingerprint density at radius 2 is 1.73 bits per heavy atom. The minimum Gasteiger partial charge on any atom is -0.354 e. The van der Waals surface area contributed by atoms with E-state index in [1.54, 1.807) is 18.2 Å². The van der Waals surface area contributed by atoms with Crippen molar-refractivity contribution >= 4 is 5.91 Å². The predicted molar refractivity (Wildman–Crippen MR) is 86.0 cm³/mol. The van der Waals surface area contributed by atoms with Gasteiger partial charge in [0.1, 0.15) is 5.82 Å². The molecule has 0 aliphatic heterocycles. The average molecular weight is 300 g/mol. The van der Waals surface area contributed by atoms with E-state index in [0.717, 1.165) is 5.56 Å². The number of hydrogen-bond donors (Lipinski definition) is 1. The summed E-state index contributed by atoms with van der Waals surface area (Å²) in [5, 5.41) is 2.89. The van der Waals surface area contributed by atoms with E-state index in [0.29, 0.717) is 12.1 Å². The SMILES string of the molecule is CN(C)C(CNC(=O)Cc1ccccc1F)c1ccccc1. The smallest absolute Gasteiger partial charge is 0.224 e. The van der Waals surface area contributed by atoms with Gasteiger partial charge in [-0.2, -0.15) is 0 Å². The lowest BCUT2D eigenvalue weighted by atomic mass is 10.1. The summed E-state index contributed by atoms with van der Waals surface area (Å²) in [5.41, 5.74) is 1.56. The molecule has 0 aromatic heterocycles. The lowest BCUT2D eigenvalue weighted by Crippen LogP contribution is -2.35. The number of likely N-dealkylation sites (N-methyl/N-ethyl adjacent to an activating group) is 1. The van der Waals surface area contributed by atoms with Crippen LogP contribution in [0.3, 0.4) is 0 Å². The highest BCUT2D eigenvalue weighted by atomic mass is 19.1. The third-order valence-electron chi connectivity index (χ3n) is 3.61. The van der Waals surface area contributed by atoms with Gasteiger partial charge in [0.05, 0.1) is 12.5 Å². The highest BCUT2D eigenvalue weighted by Gasteiger charge is 2.15. The molecule has 4 heteroatoms. The fraction of sp³-hybridized carbons (Fsp3) is 0.278. The topological polar surface area (TPSA) is 32.3 Å². The van der Waals surface area contributed by atoms with Crippen molar-refractivity contribution < 1.29 is 9.18 Å². The number of hydrogen-bond acceptors (Lipinski definition) is 2. The number of amides is 1. The summed E-state index contributed by atoms with van der Waals surface area (Å²) in [5.74, 6) is -0.516. The molecule has 1 atom stereocenters. The van der Waals surface area contributed by atoms with Gasteiger partial charge in [-0.05, 0) is 31.3 Å². The molecule has 0 radical (unpaired) electrons. The maximum atomic E-state index is 13.6. The molecule has 1 amide bonds. The van der Waals surface area contributed by atoms with Crippen LogP contribution in [0.2, 0.25) is 0 Å². The lowest BCUT2D eigenvalue weighted by Gasteiger charge is -2.25. The van der Waals surface area contributed by atoms with E-state index in [9.17, 15) is 9.18 Å². The van der Waals surface area contributed by atoms with Crippen molar-refractivity contribution in [3.05, 3.63) is 71.5 Å². The van der Waals surface area contributed by atoms with Gasteiger partial charge in [0, 0.05) is 6.54 Å². The molecular formula is C18H21FN2O. The summed E-state index contributed by atoms with van der Waals surface area (Å²) in [6, 6.07) is 16.4. The van der Waals surface area contributed by atoms with Gasteiger partial charge in [-0.3, -0.25) is 4.79 Å². The predicted octanol–water partition coefficient (Wildman–Crippen LogP) is 2.79. The Morgan fingerprint density at radius 3 is 2.36 bits per heavy atom. The number of carbonyl (C=O) groups excluding carboxylic acids is 1. The number of nitrogens with zero attached hydrogens (tertiary/aromatic N) is 1. The maximum absolute atomic E-state index is 13.6. The number of rotatable bonds is 6. The van der Waals surface area contributed by atoms with Crippen molar-refractivity contribution in [2.24, 2.45) is 0 Å². The number of carbonyl (C=O) groups is 1. The van der Waals surface area contributed by atoms with Gasteiger partial charge in [-0.15, -0.1) is 0 Å². The lowest BCUT2D eigenvalue weighted by molar-refractivity contribution is -0.120. The maximum Gasteiger partial charge on any atom is 0.224 e. The third-order valence-corrected chi connectivity index (χ3v) is 3.61. The van der Waals surface area contributed by atoms with E-state index in [2.05, 4.69) is 10.2 Å². The Balaban J connectivity index is 1.95. The van der Waals surface area contributed by atoms with Crippen LogP contribution in [0.4, 0.5) is 4.39 Å². The molecule has 1 N–H and O–H groups in total. The molecule has 2 aromatic carbocycles. The second-order valence-corrected chi connectivity index (χ2v) is 5.46. The van der Waals surface area contributed by atoms with Gasteiger partial charge in [0.15, 0.2) is 0 Å². The first-order valence-electron chi connectivity index (χ1n) is 7.29. The first-order valence-corrected chi connectivity index (χ1v) is 7.29. The molecule has 0 saturated carbocycles. The molecule has 2 aromatic rings. The van der Waals surface area contributed by atoms with Crippen molar-refractivity contribution in [1.82, 2.24) is 10.2 Å². The van der Waals surface area contributed by atoms with Crippen LogP contribution in [0.25, 0.3) is 0 Å². The summed E-state index contributed by atoms with van der Waals surface area (Å²) < 4.78 is 13.6. The van der Waals surface area contributed by atoms with Crippen LogP contribution in [0.5, 0.6) is 0 Å². The highest BCUT2D eigenvalue weighted by molar-refractivity contribution is 5.78. The molecule has 116 valence electrons. The molecule has 0 saturated heterocycles. The summed E-state index contributed by atoms with van der Waals surface area (Å²) in [7, 11) is 3.95. The molecule has 2 rings (SSSR count). The summed E-state index contributed by atoms with van der Waals surface area (Å²) in [6.07, 6.45) is 0.0572. The second-order valence-electron chi connectivity index (χ2n) is 5.46. The molecule has 22 heavy (non-hydrogen) atoms. The molecule has 0 aliphatic carbocycles. The Bertz CT molecular complexity index is 613. The quantitative estimate of drug-likeness (QED) is 0.889. The van der Waals surface area contributed by atoms with Crippen molar-refractivity contribution in [2.45, 2.75) is 12.5 Å². The zero-order valence-corrected chi connectivity index (χ0v) is 12.9. The molecule has 0 aliphatic rings. The molecule has 0 spiro atoms. The minimum atomic E-state index is -0.343. The van der Waals surface area contributed by atoms with Crippen molar-refractivity contribution in [1.29, 1.82) is 0 Å². The van der Waals surface area contributed by atoms with E-state index in [1.807, 2.05) is 44.4 Å². The van der Waals surface area contributed by atoms with Crippen LogP contribution in [-0.4, -0.2) is 31.4 Å². The first kappa shape index (κ1) is 16.2. The van der Waals surface area contributed by atoms with Crippen molar-refractivity contribution in [3.8, 4) is 0 Å². The fourth-order valence-corrected chi connectivity index (χ4v) is 2.36. The Kier molecular flexibility index (Phi) is 5.67. The second kappa shape index (κ2) is 7.71. The van der Waals surface area contributed by atoms with Gasteiger partial charge in [0.25, 0.3) is 0 Å². The normalized spacial score (nSPS) is 12.2. The van der Waals surface area contributed by atoms with E-state index in [1.165, 1.54) is 6.07 Å². The monoisotopic (exact) mass is 300 g/mol. The van der Waals surface area contributed by atoms with Gasteiger partial charge < -0.3 is 10.2 Å². The average Bonchev–Trinajstić information content (AvgIpc) is 2.50. The molecule has 0 heterocycles. The van der Waals surface area contributed by atoms with E-state index >= 15 is 0 Å². The summed E-state index contributed by atoms with van der Waals surface area (Å²) in [6.45, 7) is 0.490. The summed E-state index contributed by atoms with van der Waals surface area (Å²) >= 11 is 0. The Morgan fingerprint density at radius 1 is 1.09 bits per heavy atom. The van der Waals surface area contributed by atoms with Gasteiger partial charge in [-0.1, -0.05) is 48.5 Å². The Hall–Kier alpha value is -2.20. The van der Waals surface area contributed by atoms with E-state index in [-0.39, 0.29) is 24.2 Å². The minimum absolute atomic E-state index is 0.0572. The number of halogens is 1. The first-order chi connectivity index (χ1) is 10.6. The number of benzene rings is 2. The zero-order chi connectivity index (χ0) is 15.9. The van der Waals surface area contributed by atoms with Crippen LogP contribution < -0.4 is 5.32 Å².